The summed E-state index contributed by atoms with van der Waals surface area (Å²) in [5.41, 5.74) is 4.07. The number of hydrogen-bond donors (Lipinski definition) is 1. The minimum Gasteiger partial charge on any atom is -0.497 e. The fraction of sp³-hybridized carbons (Fsp3) is 0.441. The number of carboxylic acids is 1. The molecule has 1 aliphatic heterocycles. The van der Waals surface area contributed by atoms with Crippen molar-refractivity contribution in [2.75, 3.05) is 13.7 Å². The van der Waals surface area contributed by atoms with Crippen molar-refractivity contribution in [3.8, 4) is 22.6 Å². The van der Waals surface area contributed by atoms with Gasteiger partial charge in [0.1, 0.15) is 23.9 Å². The van der Waals surface area contributed by atoms with Gasteiger partial charge < -0.3 is 19.3 Å². The molecular formula is C34H39FO5. The lowest BCUT2D eigenvalue weighted by molar-refractivity contribution is -0.137. The predicted molar refractivity (Wildman–Crippen MR) is 153 cm³/mol. The predicted octanol–water partition coefficient (Wildman–Crippen LogP) is 8.32. The van der Waals surface area contributed by atoms with Crippen LogP contribution in [0, 0.1) is 17.2 Å². The third kappa shape index (κ3) is 6.67. The zero-order valence-electron chi connectivity index (χ0n) is 23.6. The number of hydrogen-bond acceptors (Lipinski definition) is 4. The van der Waals surface area contributed by atoms with E-state index < -0.39 is 5.97 Å². The van der Waals surface area contributed by atoms with Gasteiger partial charge in [-0.05, 0) is 95.2 Å². The number of carboxylic acid groups (broad SMARTS) is 1. The summed E-state index contributed by atoms with van der Waals surface area (Å²) in [6.45, 7) is 5.40. The number of methoxy groups -OCH3 is 1. The second-order valence-electron chi connectivity index (χ2n) is 11.9. The topological polar surface area (TPSA) is 65.0 Å². The van der Waals surface area contributed by atoms with E-state index in [2.05, 4.69) is 19.9 Å². The molecule has 2 atom stereocenters. The summed E-state index contributed by atoms with van der Waals surface area (Å²) in [7, 11) is 1.58. The Morgan fingerprint density at radius 3 is 2.62 bits per heavy atom. The third-order valence-electron chi connectivity index (χ3n) is 8.29. The maximum Gasteiger partial charge on any atom is 0.303 e. The van der Waals surface area contributed by atoms with Gasteiger partial charge >= 0.3 is 5.97 Å². The molecule has 3 aromatic carbocycles. The zero-order valence-corrected chi connectivity index (χ0v) is 23.6. The average molecular weight is 547 g/mol. The van der Waals surface area contributed by atoms with Crippen molar-refractivity contribution in [1.82, 2.24) is 0 Å². The Labute approximate surface area is 236 Å². The van der Waals surface area contributed by atoms with Gasteiger partial charge in [-0.15, -0.1) is 0 Å². The first-order chi connectivity index (χ1) is 19.2. The van der Waals surface area contributed by atoms with Crippen molar-refractivity contribution < 1.29 is 28.5 Å². The minimum atomic E-state index is -0.773. The van der Waals surface area contributed by atoms with Gasteiger partial charge in [0.25, 0.3) is 0 Å². The Balaban J connectivity index is 1.43. The number of rotatable bonds is 11. The Morgan fingerprint density at radius 2 is 1.90 bits per heavy atom. The van der Waals surface area contributed by atoms with Crippen LogP contribution in [0.3, 0.4) is 0 Å². The van der Waals surface area contributed by atoms with E-state index in [0.29, 0.717) is 36.2 Å². The van der Waals surface area contributed by atoms with Crippen LogP contribution in [0.1, 0.15) is 81.1 Å². The van der Waals surface area contributed by atoms with Gasteiger partial charge in [0, 0.05) is 12.2 Å². The van der Waals surface area contributed by atoms with Crippen molar-refractivity contribution >= 4 is 5.97 Å². The summed E-state index contributed by atoms with van der Waals surface area (Å²) in [4.78, 5) is 11.5. The lowest BCUT2D eigenvalue weighted by Crippen LogP contribution is -2.30. The third-order valence-corrected chi connectivity index (χ3v) is 8.29. The van der Waals surface area contributed by atoms with Crippen LogP contribution in [-0.4, -0.2) is 24.8 Å². The van der Waals surface area contributed by atoms with Gasteiger partial charge in [-0.3, -0.25) is 4.79 Å². The molecule has 212 valence electrons. The highest BCUT2D eigenvalue weighted by Crippen LogP contribution is 2.47. The summed E-state index contributed by atoms with van der Waals surface area (Å²) >= 11 is 0. The van der Waals surface area contributed by atoms with E-state index in [4.69, 9.17) is 14.2 Å². The van der Waals surface area contributed by atoms with E-state index in [1.54, 1.807) is 19.2 Å². The van der Waals surface area contributed by atoms with E-state index in [1.807, 2.05) is 36.4 Å². The molecule has 0 radical (unpaired) electrons. The van der Waals surface area contributed by atoms with Crippen LogP contribution in [-0.2, 0) is 16.1 Å². The van der Waals surface area contributed by atoms with Crippen molar-refractivity contribution in [2.45, 2.75) is 71.0 Å². The lowest BCUT2D eigenvalue weighted by Gasteiger charge is -2.39. The fourth-order valence-corrected chi connectivity index (χ4v) is 5.93. The zero-order chi connectivity index (χ0) is 28.3. The fourth-order valence-electron chi connectivity index (χ4n) is 5.93. The highest BCUT2D eigenvalue weighted by Gasteiger charge is 2.36. The van der Waals surface area contributed by atoms with Crippen LogP contribution in [0.5, 0.6) is 11.5 Å². The lowest BCUT2D eigenvalue weighted by atomic mass is 9.75. The quantitative estimate of drug-likeness (QED) is 0.262. The Kier molecular flexibility index (Phi) is 8.46. The maximum absolute atomic E-state index is 15.1. The molecule has 2 aliphatic rings. The maximum atomic E-state index is 15.1. The molecule has 1 aliphatic carbocycles. The van der Waals surface area contributed by atoms with Gasteiger partial charge in [0.15, 0.2) is 0 Å². The number of ether oxygens (including phenoxy) is 3. The Morgan fingerprint density at radius 1 is 1.07 bits per heavy atom. The SMILES string of the molecule is COc1ccc(F)c(-c2ccc(COc3cccc([C@H](CC(=O)O)CC4CC4)c3)cc2C2OCCCC2(C)C)c1. The number of aliphatic carboxylic acids is 1. The summed E-state index contributed by atoms with van der Waals surface area (Å²) in [6.07, 6.45) is 5.22. The van der Waals surface area contributed by atoms with Crippen LogP contribution in [0.4, 0.5) is 4.39 Å². The molecule has 5 rings (SSSR count). The van der Waals surface area contributed by atoms with E-state index in [0.717, 1.165) is 41.5 Å². The first-order valence-electron chi connectivity index (χ1n) is 14.3. The van der Waals surface area contributed by atoms with Crippen LogP contribution in [0.15, 0.2) is 60.7 Å². The normalized spacial score (nSPS) is 19.1. The molecule has 2 fully saturated rings. The monoisotopic (exact) mass is 546 g/mol. The molecule has 5 nitrogen and oxygen atoms in total. The van der Waals surface area contributed by atoms with Gasteiger partial charge in [0.05, 0.1) is 19.6 Å². The van der Waals surface area contributed by atoms with Gasteiger partial charge in [-0.1, -0.05) is 51.0 Å². The van der Waals surface area contributed by atoms with Gasteiger partial charge in [-0.25, -0.2) is 4.39 Å². The highest BCUT2D eigenvalue weighted by atomic mass is 19.1. The smallest absolute Gasteiger partial charge is 0.303 e. The van der Waals surface area contributed by atoms with Crippen molar-refractivity contribution in [3.63, 3.8) is 0 Å². The molecule has 0 spiro atoms. The summed E-state index contributed by atoms with van der Waals surface area (Å²) < 4.78 is 33.0. The molecule has 6 heteroatoms. The van der Waals surface area contributed by atoms with Crippen LogP contribution in [0.25, 0.3) is 11.1 Å². The van der Waals surface area contributed by atoms with Crippen molar-refractivity contribution in [2.24, 2.45) is 11.3 Å². The number of halogens is 1. The first-order valence-corrected chi connectivity index (χ1v) is 14.3. The van der Waals surface area contributed by atoms with E-state index in [9.17, 15) is 9.90 Å². The number of benzene rings is 3. The molecule has 3 aromatic rings. The molecule has 1 heterocycles. The van der Waals surface area contributed by atoms with Gasteiger partial charge in [-0.2, -0.15) is 0 Å². The van der Waals surface area contributed by atoms with E-state index >= 15 is 4.39 Å². The highest BCUT2D eigenvalue weighted by molar-refractivity contribution is 5.71. The standard InChI is InChI=1S/C34H39FO5/c1-34(2)14-5-15-39-33(34)30-17-23(10-12-28(30)29-20-26(38-3)11-13-31(29)35)21-40-27-7-4-6-24(18-27)25(19-32(36)37)16-22-8-9-22/h4,6-7,10-13,17-18,20,22,25,33H,5,8-9,14-16,19,21H2,1-3H3,(H,36,37)/t25-,33?/m0/s1. The Hall–Kier alpha value is -3.38. The minimum absolute atomic E-state index is 0.0112. The molecule has 1 saturated carbocycles. The number of carbonyl (C=O) groups is 1. The molecule has 0 aromatic heterocycles. The molecule has 0 bridgehead atoms. The molecule has 0 amide bonds. The molecule has 1 unspecified atom stereocenters. The van der Waals surface area contributed by atoms with Crippen LogP contribution >= 0.6 is 0 Å². The van der Waals surface area contributed by atoms with Crippen molar-refractivity contribution in [3.05, 3.63) is 83.2 Å². The molecular weight excluding hydrogens is 507 g/mol. The summed E-state index contributed by atoms with van der Waals surface area (Å²) in [5, 5.41) is 9.45. The second kappa shape index (κ2) is 12.0. The van der Waals surface area contributed by atoms with Crippen LogP contribution < -0.4 is 9.47 Å². The average Bonchev–Trinajstić information content (AvgIpc) is 3.76. The van der Waals surface area contributed by atoms with E-state index in [-0.39, 0.29) is 29.7 Å². The molecule has 40 heavy (non-hydrogen) atoms. The summed E-state index contributed by atoms with van der Waals surface area (Å²) in [6, 6.07) is 18.6. The van der Waals surface area contributed by atoms with Crippen molar-refractivity contribution in [1.29, 1.82) is 0 Å². The molecule has 1 saturated heterocycles. The second-order valence-corrected chi connectivity index (χ2v) is 11.9. The van der Waals surface area contributed by atoms with Gasteiger partial charge in [0.2, 0.25) is 0 Å². The Bertz CT molecular complexity index is 1350. The summed E-state index contributed by atoms with van der Waals surface area (Å²) in [5.74, 6) is 0.849. The van der Waals surface area contributed by atoms with E-state index in [1.165, 1.54) is 18.9 Å². The van der Waals surface area contributed by atoms with Crippen LogP contribution in [0.2, 0.25) is 0 Å². The largest absolute Gasteiger partial charge is 0.497 e. The molecule has 1 N–H and O–H groups in total. The first kappa shape index (κ1) is 28.2.